The van der Waals surface area contributed by atoms with E-state index in [4.69, 9.17) is 27.9 Å². The molecule has 4 nitrogen and oxygen atoms in total. The van der Waals surface area contributed by atoms with Crippen LogP contribution in [0.1, 0.15) is 30.9 Å². The molecule has 0 atom stereocenters. The minimum atomic E-state index is -0.239. The van der Waals surface area contributed by atoms with Gasteiger partial charge < -0.3 is 15.0 Å². The number of unbranched alkanes of at least 4 members (excludes halogenated alkanes) is 1. The lowest BCUT2D eigenvalue weighted by Gasteiger charge is -2.24. The Morgan fingerprint density at radius 3 is 2.26 bits per heavy atom. The molecule has 3 rings (SSSR count). The van der Waals surface area contributed by atoms with E-state index in [-0.39, 0.29) is 6.03 Å². The van der Waals surface area contributed by atoms with Gasteiger partial charge >= 0.3 is 6.03 Å². The zero-order valence-electron chi connectivity index (χ0n) is 17.5. The van der Waals surface area contributed by atoms with Gasteiger partial charge in [-0.2, -0.15) is 0 Å². The topological polar surface area (TPSA) is 41.6 Å². The number of carbonyl (C=O) groups excluding carboxylic acids is 1. The first-order valence-electron chi connectivity index (χ1n) is 10.3. The van der Waals surface area contributed by atoms with E-state index < -0.39 is 0 Å². The quantitative estimate of drug-likeness (QED) is 0.340. The predicted molar refractivity (Wildman–Crippen MR) is 128 cm³/mol. The number of carbonyl (C=O) groups is 1. The van der Waals surface area contributed by atoms with E-state index in [1.807, 2.05) is 54.6 Å². The largest absolute Gasteiger partial charge is 0.494 e. The van der Waals surface area contributed by atoms with E-state index in [0.29, 0.717) is 35.4 Å². The Morgan fingerprint density at radius 1 is 0.935 bits per heavy atom. The van der Waals surface area contributed by atoms with Crippen molar-refractivity contribution in [1.82, 2.24) is 4.90 Å². The molecular weight excluding hydrogens is 431 g/mol. The third kappa shape index (κ3) is 7.20. The van der Waals surface area contributed by atoms with Gasteiger partial charge in [0.2, 0.25) is 0 Å². The minimum absolute atomic E-state index is 0.239. The van der Waals surface area contributed by atoms with Gasteiger partial charge in [0, 0.05) is 18.1 Å². The molecule has 6 heteroatoms. The molecule has 0 spiro atoms. The van der Waals surface area contributed by atoms with Gasteiger partial charge in [-0.1, -0.05) is 79.0 Å². The summed E-state index contributed by atoms with van der Waals surface area (Å²) in [5, 5.41) is 3.81. The molecule has 0 radical (unpaired) electrons. The van der Waals surface area contributed by atoms with Crippen molar-refractivity contribution in [3.8, 4) is 5.75 Å². The highest BCUT2D eigenvalue weighted by Crippen LogP contribution is 2.26. The van der Waals surface area contributed by atoms with Crippen molar-refractivity contribution < 1.29 is 9.53 Å². The molecule has 0 heterocycles. The van der Waals surface area contributed by atoms with E-state index in [1.165, 1.54) is 0 Å². The van der Waals surface area contributed by atoms with Crippen molar-refractivity contribution in [3.05, 3.63) is 94.0 Å². The Hall–Kier alpha value is -2.69. The van der Waals surface area contributed by atoms with Crippen molar-refractivity contribution in [2.45, 2.75) is 32.9 Å². The molecule has 1 N–H and O–H groups in total. The lowest BCUT2D eigenvalue weighted by atomic mass is 10.1. The number of halogens is 2. The third-order valence-corrected chi connectivity index (χ3v) is 5.29. The summed E-state index contributed by atoms with van der Waals surface area (Å²) >= 11 is 12.2. The van der Waals surface area contributed by atoms with Crippen LogP contribution < -0.4 is 10.1 Å². The summed E-state index contributed by atoms with van der Waals surface area (Å²) in [6.45, 7) is 3.75. The average Bonchev–Trinajstić information content (AvgIpc) is 2.77. The second kappa shape index (κ2) is 11.6. The van der Waals surface area contributed by atoms with E-state index in [0.717, 1.165) is 29.7 Å². The first kappa shape index (κ1) is 23.0. The van der Waals surface area contributed by atoms with Gasteiger partial charge in [-0.25, -0.2) is 4.79 Å². The monoisotopic (exact) mass is 456 g/mol. The van der Waals surface area contributed by atoms with E-state index in [9.17, 15) is 4.79 Å². The summed E-state index contributed by atoms with van der Waals surface area (Å²) in [7, 11) is 0. The van der Waals surface area contributed by atoms with Crippen LogP contribution in [0.5, 0.6) is 5.75 Å². The van der Waals surface area contributed by atoms with Gasteiger partial charge in [-0.3, -0.25) is 0 Å². The van der Waals surface area contributed by atoms with Crippen LogP contribution in [0.4, 0.5) is 10.5 Å². The SMILES string of the molecule is CCCCOc1ccc(CN(Cc2ccccc2)C(=O)Nc2ccc(Cl)cc2Cl)cc1. The molecule has 3 aromatic carbocycles. The molecule has 3 aromatic rings. The fourth-order valence-electron chi connectivity index (χ4n) is 3.03. The van der Waals surface area contributed by atoms with Gasteiger partial charge in [-0.15, -0.1) is 0 Å². The molecular formula is C25H26Cl2N2O2. The van der Waals surface area contributed by atoms with E-state index >= 15 is 0 Å². The fraction of sp³-hybridized carbons (Fsp3) is 0.240. The Kier molecular flexibility index (Phi) is 8.63. The predicted octanol–water partition coefficient (Wildman–Crippen LogP) is 7.41. The number of anilines is 1. The number of nitrogens with one attached hydrogen (secondary N) is 1. The van der Waals surface area contributed by atoms with Gasteiger partial charge in [-0.05, 0) is 47.9 Å². The molecule has 2 amide bonds. The number of hydrogen-bond acceptors (Lipinski definition) is 2. The molecule has 162 valence electrons. The van der Waals surface area contributed by atoms with Crippen molar-refractivity contribution >= 4 is 34.9 Å². The Labute approximate surface area is 193 Å². The van der Waals surface area contributed by atoms with Crippen LogP contribution >= 0.6 is 23.2 Å². The van der Waals surface area contributed by atoms with Crippen molar-refractivity contribution in [2.75, 3.05) is 11.9 Å². The van der Waals surface area contributed by atoms with Gasteiger partial charge in [0.25, 0.3) is 0 Å². The highest BCUT2D eigenvalue weighted by Gasteiger charge is 2.16. The average molecular weight is 457 g/mol. The number of hydrogen-bond donors (Lipinski definition) is 1. The van der Waals surface area contributed by atoms with Crippen molar-refractivity contribution in [2.24, 2.45) is 0 Å². The number of ether oxygens (including phenoxy) is 1. The number of benzene rings is 3. The summed E-state index contributed by atoms with van der Waals surface area (Å²) in [6.07, 6.45) is 2.12. The molecule has 0 unspecified atom stereocenters. The summed E-state index contributed by atoms with van der Waals surface area (Å²) < 4.78 is 5.73. The summed E-state index contributed by atoms with van der Waals surface area (Å²) in [5.74, 6) is 0.837. The molecule has 0 aliphatic rings. The maximum atomic E-state index is 13.1. The first-order chi connectivity index (χ1) is 15.0. The van der Waals surface area contributed by atoms with Crippen molar-refractivity contribution in [3.63, 3.8) is 0 Å². The molecule has 0 saturated carbocycles. The Morgan fingerprint density at radius 2 is 1.61 bits per heavy atom. The zero-order valence-corrected chi connectivity index (χ0v) is 19.0. The maximum absolute atomic E-state index is 13.1. The summed E-state index contributed by atoms with van der Waals surface area (Å²) in [5.41, 5.74) is 2.57. The standard InChI is InChI=1S/C25H26Cl2N2O2/c1-2-3-15-31-22-12-9-20(10-13-22)18-29(17-19-7-5-4-6-8-19)25(30)28-24-14-11-21(26)16-23(24)27/h4-14,16H,2-3,15,17-18H2,1H3,(H,28,30). The van der Waals surface area contributed by atoms with Crippen LogP contribution in [0.15, 0.2) is 72.8 Å². The smallest absolute Gasteiger partial charge is 0.322 e. The van der Waals surface area contributed by atoms with Gasteiger partial charge in [0.1, 0.15) is 5.75 Å². The molecule has 31 heavy (non-hydrogen) atoms. The van der Waals surface area contributed by atoms with Crippen LogP contribution in [0.2, 0.25) is 10.0 Å². The van der Waals surface area contributed by atoms with Crippen molar-refractivity contribution in [1.29, 1.82) is 0 Å². The second-order valence-corrected chi connectivity index (χ2v) is 8.09. The fourth-order valence-corrected chi connectivity index (χ4v) is 3.49. The van der Waals surface area contributed by atoms with E-state index in [1.54, 1.807) is 23.1 Å². The molecule has 0 aliphatic heterocycles. The van der Waals surface area contributed by atoms with Gasteiger partial charge in [0.05, 0.1) is 17.3 Å². The van der Waals surface area contributed by atoms with E-state index in [2.05, 4.69) is 12.2 Å². The third-order valence-electron chi connectivity index (χ3n) is 4.74. The lowest BCUT2D eigenvalue weighted by molar-refractivity contribution is 0.206. The summed E-state index contributed by atoms with van der Waals surface area (Å²) in [4.78, 5) is 14.8. The summed E-state index contributed by atoms with van der Waals surface area (Å²) in [6, 6.07) is 22.5. The highest BCUT2D eigenvalue weighted by atomic mass is 35.5. The molecule has 0 fully saturated rings. The Balaban J connectivity index is 1.73. The zero-order chi connectivity index (χ0) is 22.1. The molecule has 0 bridgehead atoms. The molecule has 0 saturated heterocycles. The maximum Gasteiger partial charge on any atom is 0.322 e. The molecule has 0 aliphatic carbocycles. The lowest BCUT2D eigenvalue weighted by Crippen LogP contribution is -2.34. The number of nitrogens with zero attached hydrogens (tertiary/aromatic N) is 1. The van der Waals surface area contributed by atoms with Crippen LogP contribution in [0.3, 0.4) is 0 Å². The van der Waals surface area contributed by atoms with Crippen LogP contribution in [0.25, 0.3) is 0 Å². The van der Waals surface area contributed by atoms with Crippen LogP contribution in [-0.4, -0.2) is 17.5 Å². The number of amides is 2. The first-order valence-corrected chi connectivity index (χ1v) is 11.1. The van der Waals surface area contributed by atoms with Gasteiger partial charge in [0.15, 0.2) is 0 Å². The number of rotatable bonds is 9. The second-order valence-electron chi connectivity index (χ2n) is 7.24. The number of urea groups is 1. The van der Waals surface area contributed by atoms with Crippen LogP contribution in [-0.2, 0) is 13.1 Å². The Bertz CT molecular complexity index is 979. The normalized spacial score (nSPS) is 10.5. The molecule has 0 aromatic heterocycles. The van der Waals surface area contributed by atoms with Crippen LogP contribution in [0, 0.1) is 0 Å². The minimum Gasteiger partial charge on any atom is -0.494 e. The highest BCUT2D eigenvalue weighted by molar-refractivity contribution is 6.36.